The molecule has 1 aliphatic rings. The topological polar surface area (TPSA) is 42.7 Å². The van der Waals surface area contributed by atoms with E-state index in [1.807, 2.05) is 17.4 Å². The van der Waals surface area contributed by atoms with E-state index in [-0.39, 0.29) is 12.4 Å². The molecule has 0 radical (unpaired) electrons. The maximum atomic E-state index is 5.44. The van der Waals surface area contributed by atoms with Gasteiger partial charge < -0.3 is 9.64 Å². The number of aromatic nitrogens is 3. The molecule has 5 nitrogen and oxygen atoms in total. The second-order valence-electron chi connectivity index (χ2n) is 9.10. The summed E-state index contributed by atoms with van der Waals surface area (Å²) in [6.45, 7) is 10.6. The zero-order valence-corrected chi connectivity index (χ0v) is 22.3. The molecular formula is C27H33ClN4OS. The van der Waals surface area contributed by atoms with Gasteiger partial charge in [-0.2, -0.15) is 9.61 Å². The Morgan fingerprint density at radius 3 is 2.65 bits per heavy atom. The molecule has 0 unspecified atom stereocenters. The lowest BCUT2D eigenvalue weighted by Gasteiger charge is -2.26. The van der Waals surface area contributed by atoms with Crippen LogP contribution in [-0.4, -0.2) is 28.3 Å². The highest BCUT2D eigenvalue weighted by Gasteiger charge is 2.27. The van der Waals surface area contributed by atoms with Gasteiger partial charge in [-0.25, -0.2) is 4.98 Å². The number of hydrogen-bond acceptors (Lipinski definition) is 5. The summed E-state index contributed by atoms with van der Waals surface area (Å²) in [5.74, 6) is 2.11. The Morgan fingerprint density at radius 2 is 1.97 bits per heavy atom. The van der Waals surface area contributed by atoms with Crippen LogP contribution in [0.4, 0.5) is 5.82 Å². The van der Waals surface area contributed by atoms with E-state index in [9.17, 15) is 0 Å². The molecule has 0 spiro atoms. The summed E-state index contributed by atoms with van der Waals surface area (Å²) in [4.78, 5) is 9.12. The van der Waals surface area contributed by atoms with Crippen molar-refractivity contribution in [3.05, 3.63) is 62.6 Å². The Labute approximate surface area is 212 Å². The first kappa shape index (κ1) is 24.6. The standard InChI is InChI=1S/C27H32N4OS.ClH/c1-6-12-30(15-21-13-17(2)16-33-21)27-23-8-7-9-24(23)28-26-25(19(4)29-31(26)27)22-11-10-20(32-5)14-18(22)3;/h10-11,13-14,16H,6-9,12,15H2,1-5H3;1H. The van der Waals surface area contributed by atoms with E-state index in [1.54, 1.807) is 7.11 Å². The van der Waals surface area contributed by atoms with Crippen LogP contribution in [0.1, 0.15) is 52.7 Å². The first-order valence-electron chi connectivity index (χ1n) is 11.8. The van der Waals surface area contributed by atoms with E-state index in [0.29, 0.717) is 0 Å². The average molecular weight is 497 g/mol. The minimum Gasteiger partial charge on any atom is -0.497 e. The molecule has 3 heterocycles. The third-order valence-corrected chi connectivity index (χ3v) is 7.60. The molecule has 0 saturated heterocycles. The number of anilines is 1. The Bertz CT molecular complexity index is 1330. The zero-order valence-electron chi connectivity index (χ0n) is 20.6. The molecule has 34 heavy (non-hydrogen) atoms. The van der Waals surface area contributed by atoms with Crippen molar-refractivity contribution in [3.63, 3.8) is 0 Å². The quantitative estimate of drug-likeness (QED) is 0.285. The molecule has 1 aromatic carbocycles. The van der Waals surface area contributed by atoms with Gasteiger partial charge in [0.1, 0.15) is 11.6 Å². The fourth-order valence-corrected chi connectivity index (χ4v) is 5.98. The van der Waals surface area contributed by atoms with Crippen LogP contribution in [0, 0.1) is 20.8 Å². The molecule has 0 saturated carbocycles. The second-order valence-corrected chi connectivity index (χ2v) is 10.1. The summed E-state index contributed by atoms with van der Waals surface area (Å²) in [6, 6.07) is 8.58. The van der Waals surface area contributed by atoms with Gasteiger partial charge in [-0.15, -0.1) is 23.7 Å². The third kappa shape index (κ3) is 4.29. The SMILES string of the molecule is CCCN(Cc1cc(C)cs1)c1c2c(nc3c(-c4ccc(OC)cc4C)c(C)nn13)CCC2.Cl. The molecule has 0 amide bonds. The van der Waals surface area contributed by atoms with E-state index in [2.05, 4.69) is 60.7 Å². The number of thiophene rings is 1. The normalized spacial score (nSPS) is 12.6. The van der Waals surface area contributed by atoms with Gasteiger partial charge in [0.2, 0.25) is 0 Å². The molecule has 0 fully saturated rings. The summed E-state index contributed by atoms with van der Waals surface area (Å²) >= 11 is 1.85. The van der Waals surface area contributed by atoms with Crippen molar-refractivity contribution >= 4 is 35.2 Å². The van der Waals surface area contributed by atoms with Crippen LogP contribution in [0.15, 0.2) is 29.6 Å². The van der Waals surface area contributed by atoms with Gasteiger partial charge in [-0.3, -0.25) is 0 Å². The summed E-state index contributed by atoms with van der Waals surface area (Å²) in [5.41, 5.74) is 9.44. The van der Waals surface area contributed by atoms with Gasteiger partial charge in [-0.05, 0) is 86.7 Å². The van der Waals surface area contributed by atoms with Crippen molar-refractivity contribution < 1.29 is 4.74 Å². The maximum absolute atomic E-state index is 5.44. The van der Waals surface area contributed by atoms with Crippen LogP contribution < -0.4 is 9.64 Å². The van der Waals surface area contributed by atoms with E-state index >= 15 is 0 Å². The molecule has 4 aromatic rings. The maximum Gasteiger partial charge on any atom is 0.165 e. The molecule has 180 valence electrons. The highest BCUT2D eigenvalue weighted by Crippen LogP contribution is 2.38. The first-order chi connectivity index (χ1) is 16.0. The first-order valence-corrected chi connectivity index (χ1v) is 12.7. The van der Waals surface area contributed by atoms with Gasteiger partial charge in [-0.1, -0.05) is 13.0 Å². The van der Waals surface area contributed by atoms with Crippen LogP contribution in [0.25, 0.3) is 16.8 Å². The second kappa shape index (κ2) is 9.96. The molecule has 7 heteroatoms. The zero-order chi connectivity index (χ0) is 23.1. The number of rotatable bonds is 7. The molecule has 5 rings (SSSR count). The Balaban J connectivity index is 0.00000274. The van der Waals surface area contributed by atoms with E-state index in [4.69, 9.17) is 14.8 Å². The summed E-state index contributed by atoms with van der Waals surface area (Å²) < 4.78 is 7.57. The van der Waals surface area contributed by atoms with E-state index in [0.717, 1.165) is 61.4 Å². The number of aryl methyl sites for hydroxylation is 4. The Kier molecular flexibility index (Phi) is 7.20. The van der Waals surface area contributed by atoms with Crippen LogP contribution >= 0.6 is 23.7 Å². The molecular weight excluding hydrogens is 464 g/mol. The van der Waals surface area contributed by atoms with Crippen molar-refractivity contribution in [2.75, 3.05) is 18.6 Å². The van der Waals surface area contributed by atoms with Gasteiger partial charge in [0, 0.05) is 28.2 Å². The number of methoxy groups -OCH3 is 1. The summed E-state index contributed by atoms with van der Waals surface area (Å²) in [6.07, 6.45) is 4.37. The highest BCUT2D eigenvalue weighted by atomic mass is 35.5. The lowest BCUT2D eigenvalue weighted by Crippen LogP contribution is -2.27. The van der Waals surface area contributed by atoms with E-state index in [1.165, 1.54) is 38.6 Å². The number of hydrogen-bond donors (Lipinski definition) is 0. The fourth-order valence-electron chi connectivity index (χ4n) is 5.09. The predicted octanol–water partition coefficient (Wildman–Crippen LogP) is 6.72. The van der Waals surface area contributed by atoms with E-state index < -0.39 is 0 Å². The minimum atomic E-state index is 0. The Morgan fingerprint density at radius 1 is 1.15 bits per heavy atom. The highest BCUT2D eigenvalue weighted by molar-refractivity contribution is 7.10. The van der Waals surface area contributed by atoms with Gasteiger partial charge in [0.25, 0.3) is 0 Å². The van der Waals surface area contributed by atoms with Gasteiger partial charge in [0.05, 0.1) is 19.3 Å². The summed E-state index contributed by atoms with van der Waals surface area (Å²) in [5, 5.41) is 7.33. The summed E-state index contributed by atoms with van der Waals surface area (Å²) in [7, 11) is 1.71. The Hall–Kier alpha value is -2.57. The van der Waals surface area contributed by atoms with Crippen molar-refractivity contribution in [1.82, 2.24) is 14.6 Å². The lowest BCUT2D eigenvalue weighted by molar-refractivity contribution is 0.414. The van der Waals surface area contributed by atoms with Crippen LogP contribution in [-0.2, 0) is 19.4 Å². The smallest absolute Gasteiger partial charge is 0.165 e. The fraction of sp³-hybridized carbons (Fsp3) is 0.407. The predicted molar refractivity (Wildman–Crippen MR) is 144 cm³/mol. The monoisotopic (exact) mass is 496 g/mol. The largest absolute Gasteiger partial charge is 0.497 e. The van der Waals surface area contributed by atoms with Crippen molar-refractivity contribution in [3.8, 4) is 16.9 Å². The number of benzene rings is 1. The van der Waals surface area contributed by atoms with Crippen molar-refractivity contribution in [1.29, 1.82) is 0 Å². The van der Waals surface area contributed by atoms with Crippen molar-refractivity contribution in [2.45, 2.75) is 59.9 Å². The molecule has 1 aliphatic carbocycles. The van der Waals surface area contributed by atoms with Crippen LogP contribution in [0.2, 0.25) is 0 Å². The minimum absolute atomic E-state index is 0. The van der Waals surface area contributed by atoms with Gasteiger partial charge >= 0.3 is 0 Å². The number of halogens is 1. The lowest BCUT2D eigenvalue weighted by atomic mass is 10.0. The van der Waals surface area contributed by atoms with Crippen LogP contribution in [0.3, 0.4) is 0 Å². The molecule has 3 aromatic heterocycles. The van der Waals surface area contributed by atoms with Crippen molar-refractivity contribution in [2.24, 2.45) is 0 Å². The molecule has 0 bridgehead atoms. The molecule has 0 atom stereocenters. The number of nitrogens with zero attached hydrogens (tertiary/aromatic N) is 4. The third-order valence-electron chi connectivity index (χ3n) is 6.56. The molecule has 0 N–H and O–H groups in total. The number of ether oxygens (including phenoxy) is 1. The van der Waals surface area contributed by atoms with Crippen LogP contribution in [0.5, 0.6) is 5.75 Å². The average Bonchev–Trinajstić information content (AvgIpc) is 3.50. The number of fused-ring (bicyclic) bond motifs is 2. The van der Waals surface area contributed by atoms with Gasteiger partial charge in [0.15, 0.2) is 5.65 Å². The molecule has 0 aliphatic heterocycles.